The van der Waals surface area contributed by atoms with E-state index >= 15 is 0 Å². The van der Waals surface area contributed by atoms with Crippen LogP contribution in [0.3, 0.4) is 0 Å². The second kappa shape index (κ2) is 7.14. The Morgan fingerprint density at radius 3 is 2.35 bits per heavy atom. The number of halogens is 1. The van der Waals surface area contributed by atoms with Crippen LogP contribution in [0, 0.1) is 5.92 Å². The number of benzene rings is 1. The summed E-state index contributed by atoms with van der Waals surface area (Å²) in [5.74, 6) is 0.639. The first-order valence-corrected chi connectivity index (χ1v) is 7.02. The molecule has 0 heterocycles. The molecule has 0 bridgehead atoms. The summed E-state index contributed by atoms with van der Waals surface area (Å²) in [6.07, 6.45) is 1.17. The van der Waals surface area contributed by atoms with Gasteiger partial charge in [0.15, 0.2) is 0 Å². The van der Waals surface area contributed by atoms with Gasteiger partial charge in [0.25, 0.3) is 0 Å². The predicted octanol–water partition coefficient (Wildman–Crippen LogP) is 3.25. The predicted molar refractivity (Wildman–Crippen MR) is 77.9 cm³/mol. The van der Waals surface area contributed by atoms with Crippen molar-refractivity contribution in [3.8, 4) is 0 Å². The van der Waals surface area contributed by atoms with E-state index in [-0.39, 0.29) is 0 Å². The maximum Gasteiger partial charge on any atom is 0.0244 e. The molecule has 0 amide bonds. The third-order valence-corrected chi connectivity index (χ3v) is 3.98. The molecule has 96 valence electrons. The van der Waals surface area contributed by atoms with Gasteiger partial charge in [-0.15, -0.1) is 0 Å². The second-order valence-corrected chi connectivity index (χ2v) is 5.65. The molecule has 1 aromatic carbocycles. The summed E-state index contributed by atoms with van der Waals surface area (Å²) < 4.78 is 1.13. The molecule has 2 nitrogen and oxygen atoms in total. The highest BCUT2D eigenvalue weighted by atomic mass is 79.9. The van der Waals surface area contributed by atoms with Gasteiger partial charge in [-0.1, -0.05) is 48.3 Å². The first kappa shape index (κ1) is 14.7. The summed E-state index contributed by atoms with van der Waals surface area (Å²) in [5, 5.41) is 0. The van der Waals surface area contributed by atoms with Crippen LogP contribution in [-0.2, 0) is 6.54 Å². The Labute approximate surface area is 113 Å². The van der Waals surface area contributed by atoms with Crippen LogP contribution in [0.15, 0.2) is 28.7 Å². The zero-order chi connectivity index (χ0) is 12.8. The first-order valence-electron chi connectivity index (χ1n) is 6.23. The number of nitrogens with zero attached hydrogens (tertiary/aromatic N) is 1. The summed E-state index contributed by atoms with van der Waals surface area (Å²) in [6, 6.07) is 8.95. The number of hydrogen-bond donors (Lipinski definition) is 1. The quantitative estimate of drug-likeness (QED) is 0.873. The fraction of sp³-hybridized carbons (Fsp3) is 0.571. The molecule has 0 aromatic heterocycles. The van der Waals surface area contributed by atoms with E-state index in [1.54, 1.807) is 0 Å². The summed E-state index contributed by atoms with van der Waals surface area (Å²) in [6.45, 7) is 6.18. The molecule has 2 unspecified atom stereocenters. The lowest BCUT2D eigenvalue weighted by atomic mass is 9.97. The highest BCUT2D eigenvalue weighted by molar-refractivity contribution is 9.10. The minimum absolute atomic E-state index is 0.462. The van der Waals surface area contributed by atoms with Gasteiger partial charge in [-0.3, -0.25) is 4.90 Å². The molecule has 0 spiro atoms. The van der Waals surface area contributed by atoms with E-state index in [4.69, 9.17) is 5.73 Å². The maximum atomic E-state index is 5.88. The lowest BCUT2D eigenvalue weighted by molar-refractivity contribution is 0.178. The summed E-state index contributed by atoms with van der Waals surface area (Å²) in [7, 11) is 2.16. The number of hydrogen-bond acceptors (Lipinski definition) is 2. The van der Waals surface area contributed by atoms with Crippen LogP contribution < -0.4 is 5.73 Å². The molecule has 0 saturated carbocycles. The number of rotatable bonds is 6. The molecular formula is C14H23BrN2. The zero-order valence-corrected chi connectivity index (χ0v) is 12.6. The van der Waals surface area contributed by atoms with E-state index < -0.39 is 0 Å². The zero-order valence-electron chi connectivity index (χ0n) is 11.0. The lowest BCUT2D eigenvalue weighted by Gasteiger charge is -2.31. The Morgan fingerprint density at radius 1 is 1.29 bits per heavy atom. The van der Waals surface area contributed by atoms with E-state index in [9.17, 15) is 0 Å². The smallest absolute Gasteiger partial charge is 0.0244 e. The average Bonchev–Trinajstić information content (AvgIpc) is 2.32. The molecule has 1 rings (SSSR count). The van der Waals surface area contributed by atoms with Crippen molar-refractivity contribution >= 4 is 15.9 Å². The fourth-order valence-electron chi connectivity index (χ4n) is 2.11. The standard InChI is InChI=1S/C14H23BrN2/c1-4-11(2)14(9-16)17(3)10-12-5-7-13(15)8-6-12/h5-8,11,14H,4,9-10,16H2,1-3H3. The van der Waals surface area contributed by atoms with Crippen molar-refractivity contribution in [1.82, 2.24) is 4.90 Å². The molecule has 0 aliphatic rings. The third-order valence-electron chi connectivity index (χ3n) is 3.45. The first-order chi connectivity index (χ1) is 8.08. The van der Waals surface area contributed by atoms with E-state index in [0.717, 1.165) is 17.6 Å². The van der Waals surface area contributed by atoms with Gasteiger partial charge in [0.05, 0.1) is 0 Å². The molecule has 0 radical (unpaired) electrons. The molecule has 3 heteroatoms. The van der Waals surface area contributed by atoms with Crippen molar-refractivity contribution in [2.75, 3.05) is 13.6 Å². The molecule has 0 aliphatic carbocycles. The van der Waals surface area contributed by atoms with Gasteiger partial charge in [0.2, 0.25) is 0 Å². The van der Waals surface area contributed by atoms with Crippen molar-refractivity contribution in [3.63, 3.8) is 0 Å². The monoisotopic (exact) mass is 298 g/mol. The normalized spacial score (nSPS) is 14.9. The molecule has 17 heavy (non-hydrogen) atoms. The lowest BCUT2D eigenvalue weighted by Crippen LogP contribution is -2.41. The van der Waals surface area contributed by atoms with Gasteiger partial charge >= 0.3 is 0 Å². The van der Waals surface area contributed by atoms with Gasteiger partial charge in [0.1, 0.15) is 0 Å². The van der Waals surface area contributed by atoms with E-state index in [0.29, 0.717) is 12.0 Å². The van der Waals surface area contributed by atoms with Crippen LogP contribution >= 0.6 is 15.9 Å². The van der Waals surface area contributed by atoms with Crippen LogP contribution in [0.4, 0.5) is 0 Å². The second-order valence-electron chi connectivity index (χ2n) is 4.73. The highest BCUT2D eigenvalue weighted by Gasteiger charge is 2.18. The van der Waals surface area contributed by atoms with Crippen molar-refractivity contribution < 1.29 is 0 Å². The van der Waals surface area contributed by atoms with Gasteiger partial charge in [-0.2, -0.15) is 0 Å². The summed E-state index contributed by atoms with van der Waals surface area (Å²) in [4.78, 5) is 2.36. The molecule has 0 saturated heterocycles. The van der Waals surface area contributed by atoms with E-state index in [2.05, 4.69) is 66.0 Å². The Kier molecular flexibility index (Phi) is 6.17. The Morgan fingerprint density at radius 2 is 1.88 bits per heavy atom. The maximum absolute atomic E-state index is 5.88. The Balaban J connectivity index is 2.63. The van der Waals surface area contributed by atoms with Crippen molar-refractivity contribution in [2.45, 2.75) is 32.9 Å². The summed E-state index contributed by atoms with van der Waals surface area (Å²) >= 11 is 3.46. The van der Waals surface area contributed by atoms with Gasteiger partial charge < -0.3 is 5.73 Å². The van der Waals surface area contributed by atoms with Crippen LogP contribution in [0.25, 0.3) is 0 Å². The molecule has 1 aromatic rings. The van der Waals surface area contributed by atoms with Crippen LogP contribution in [0.5, 0.6) is 0 Å². The van der Waals surface area contributed by atoms with Crippen LogP contribution in [-0.4, -0.2) is 24.5 Å². The van der Waals surface area contributed by atoms with Gasteiger partial charge in [-0.25, -0.2) is 0 Å². The third kappa shape index (κ3) is 4.41. The Hall–Kier alpha value is -0.380. The minimum atomic E-state index is 0.462. The van der Waals surface area contributed by atoms with Gasteiger partial charge in [-0.05, 0) is 30.7 Å². The molecule has 2 N–H and O–H groups in total. The van der Waals surface area contributed by atoms with Gasteiger partial charge in [0, 0.05) is 23.6 Å². The topological polar surface area (TPSA) is 29.3 Å². The van der Waals surface area contributed by atoms with Crippen molar-refractivity contribution in [1.29, 1.82) is 0 Å². The average molecular weight is 299 g/mol. The number of nitrogens with two attached hydrogens (primary N) is 1. The van der Waals surface area contributed by atoms with Crippen LogP contribution in [0.1, 0.15) is 25.8 Å². The van der Waals surface area contributed by atoms with E-state index in [1.165, 1.54) is 12.0 Å². The Bertz CT molecular complexity index is 323. The van der Waals surface area contributed by atoms with Crippen molar-refractivity contribution in [2.24, 2.45) is 11.7 Å². The van der Waals surface area contributed by atoms with E-state index in [1.807, 2.05) is 0 Å². The molecule has 0 aliphatic heterocycles. The SMILES string of the molecule is CCC(C)C(CN)N(C)Cc1ccc(Br)cc1. The molecular weight excluding hydrogens is 276 g/mol. The molecule has 0 fully saturated rings. The summed E-state index contributed by atoms with van der Waals surface area (Å²) in [5.41, 5.74) is 7.21. The largest absolute Gasteiger partial charge is 0.329 e. The van der Waals surface area contributed by atoms with Crippen molar-refractivity contribution in [3.05, 3.63) is 34.3 Å². The highest BCUT2D eigenvalue weighted by Crippen LogP contribution is 2.16. The molecule has 2 atom stereocenters. The minimum Gasteiger partial charge on any atom is -0.329 e. The number of likely N-dealkylation sites (N-methyl/N-ethyl adjacent to an activating group) is 1. The van der Waals surface area contributed by atoms with Crippen LogP contribution in [0.2, 0.25) is 0 Å². The fourth-order valence-corrected chi connectivity index (χ4v) is 2.38.